The van der Waals surface area contributed by atoms with E-state index in [4.69, 9.17) is 0 Å². The highest BCUT2D eigenvalue weighted by atomic mass is 19.1. The zero-order valence-electron chi connectivity index (χ0n) is 18.9. The molecular formula is C27H29F2NO. The third kappa shape index (κ3) is 5.19. The summed E-state index contributed by atoms with van der Waals surface area (Å²) >= 11 is 0. The van der Waals surface area contributed by atoms with Crippen molar-refractivity contribution in [1.29, 1.82) is 0 Å². The molecule has 3 aromatic carbocycles. The Morgan fingerprint density at radius 1 is 0.742 bits per heavy atom. The summed E-state index contributed by atoms with van der Waals surface area (Å²) in [5.74, 6) is -1.51. The summed E-state index contributed by atoms with van der Waals surface area (Å²) in [4.78, 5) is 3.95. The number of hydrogen-bond acceptors (Lipinski definition) is 2. The average molecular weight is 422 g/mol. The molecule has 0 amide bonds. The van der Waals surface area contributed by atoms with Gasteiger partial charge in [0.05, 0.1) is 0 Å². The summed E-state index contributed by atoms with van der Waals surface area (Å²) in [5.41, 5.74) is 4.29. The van der Waals surface area contributed by atoms with Gasteiger partial charge in [0, 0.05) is 11.8 Å². The fraction of sp³-hybridized carbons (Fsp3) is 0.296. The summed E-state index contributed by atoms with van der Waals surface area (Å²) < 4.78 is 27.8. The number of phenols is 1. The van der Waals surface area contributed by atoms with Gasteiger partial charge in [-0.2, -0.15) is 0 Å². The number of phenolic OH excluding ortho intramolecular Hbond substituents is 1. The van der Waals surface area contributed by atoms with Crippen molar-refractivity contribution in [3.63, 3.8) is 0 Å². The van der Waals surface area contributed by atoms with Crippen molar-refractivity contribution in [3.8, 4) is 16.9 Å². The number of aromatic hydroxyl groups is 1. The topological polar surface area (TPSA) is 32.6 Å². The molecular weight excluding hydrogens is 392 g/mol. The number of hydrogen-bond donors (Lipinski definition) is 1. The standard InChI is InChI=1S/C27H29F2NO/c1-26(2,3)20-13-18(14-21(15-20)27(4,5)6)17-10-11-24(31)19(12-17)16-30-25-22(28)8-7-9-23(25)29/h7-16,31H,1-6H3/b30-16+. The molecule has 0 bridgehead atoms. The van der Waals surface area contributed by atoms with Crippen LogP contribution in [0.5, 0.6) is 5.75 Å². The van der Waals surface area contributed by atoms with E-state index in [1.165, 1.54) is 23.4 Å². The van der Waals surface area contributed by atoms with E-state index in [-0.39, 0.29) is 22.3 Å². The third-order valence-electron chi connectivity index (χ3n) is 5.30. The van der Waals surface area contributed by atoms with Crippen LogP contribution in [0.25, 0.3) is 11.1 Å². The van der Waals surface area contributed by atoms with Gasteiger partial charge < -0.3 is 5.11 Å². The van der Waals surface area contributed by atoms with Gasteiger partial charge in [-0.05, 0) is 57.3 Å². The predicted octanol–water partition coefficient (Wildman–Crippen LogP) is 7.68. The van der Waals surface area contributed by atoms with E-state index in [0.717, 1.165) is 23.3 Å². The molecule has 2 nitrogen and oxygen atoms in total. The van der Waals surface area contributed by atoms with Crippen molar-refractivity contribution in [1.82, 2.24) is 0 Å². The Balaban J connectivity index is 2.10. The van der Waals surface area contributed by atoms with Crippen LogP contribution in [0.1, 0.15) is 58.2 Å². The minimum atomic E-state index is -0.750. The maximum Gasteiger partial charge on any atom is 0.151 e. The third-order valence-corrected chi connectivity index (χ3v) is 5.30. The molecule has 0 atom stereocenters. The average Bonchev–Trinajstić information content (AvgIpc) is 2.67. The van der Waals surface area contributed by atoms with Crippen LogP contribution in [0.2, 0.25) is 0 Å². The largest absolute Gasteiger partial charge is 0.507 e. The molecule has 0 heterocycles. The van der Waals surface area contributed by atoms with Crippen molar-refractivity contribution in [3.05, 3.63) is 82.9 Å². The maximum absolute atomic E-state index is 13.9. The molecule has 0 saturated carbocycles. The van der Waals surface area contributed by atoms with Crippen molar-refractivity contribution < 1.29 is 13.9 Å². The minimum Gasteiger partial charge on any atom is -0.507 e. The summed E-state index contributed by atoms with van der Waals surface area (Å²) in [7, 11) is 0. The zero-order chi connectivity index (χ0) is 23.0. The van der Waals surface area contributed by atoms with Gasteiger partial charge in [0.15, 0.2) is 11.6 Å². The highest BCUT2D eigenvalue weighted by Crippen LogP contribution is 2.35. The fourth-order valence-corrected chi connectivity index (χ4v) is 3.24. The van der Waals surface area contributed by atoms with Gasteiger partial charge >= 0.3 is 0 Å². The summed E-state index contributed by atoms with van der Waals surface area (Å²) in [6.45, 7) is 13.1. The zero-order valence-corrected chi connectivity index (χ0v) is 18.9. The molecule has 0 spiro atoms. The first-order chi connectivity index (χ1) is 14.4. The lowest BCUT2D eigenvalue weighted by Crippen LogP contribution is -2.16. The Labute approximate surface area is 183 Å². The Kier molecular flexibility index (Phi) is 6.04. The van der Waals surface area contributed by atoms with Gasteiger partial charge in [0.2, 0.25) is 0 Å². The molecule has 0 aromatic heterocycles. The van der Waals surface area contributed by atoms with E-state index in [9.17, 15) is 13.9 Å². The highest BCUT2D eigenvalue weighted by molar-refractivity contribution is 5.88. The summed E-state index contributed by atoms with van der Waals surface area (Å²) in [6.07, 6.45) is 1.29. The van der Waals surface area contributed by atoms with Gasteiger partial charge in [0.25, 0.3) is 0 Å². The lowest BCUT2D eigenvalue weighted by atomic mass is 9.79. The number of aliphatic imine (C=N–C) groups is 1. The second-order valence-electron chi connectivity index (χ2n) is 9.90. The first kappa shape index (κ1) is 22.7. The van der Waals surface area contributed by atoms with Crippen LogP contribution >= 0.6 is 0 Å². The van der Waals surface area contributed by atoms with Gasteiger partial charge in [-0.1, -0.05) is 71.9 Å². The Hall–Kier alpha value is -3.01. The molecule has 0 unspecified atom stereocenters. The van der Waals surface area contributed by atoms with E-state index in [0.29, 0.717) is 5.56 Å². The minimum absolute atomic E-state index is 0.00716. The van der Waals surface area contributed by atoms with Crippen LogP contribution in [0.3, 0.4) is 0 Å². The normalized spacial score (nSPS) is 12.5. The molecule has 1 N–H and O–H groups in total. The summed E-state index contributed by atoms with van der Waals surface area (Å²) in [6, 6.07) is 15.3. The predicted molar refractivity (Wildman–Crippen MR) is 125 cm³/mol. The van der Waals surface area contributed by atoms with Crippen LogP contribution in [-0.2, 0) is 10.8 Å². The second kappa shape index (κ2) is 8.26. The first-order valence-corrected chi connectivity index (χ1v) is 10.3. The van der Waals surface area contributed by atoms with Crippen LogP contribution in [0.15, 0.2) is 59.6 Å². The maximum atomic E-state index is 13.9. The molecule has 0 fully saturated rings. The van der Waals surface area contributed by atoms with Crippen LogP contribution in [0.4, 0.5) is 14.5 Å². The monoisotopic (exact) mass is 421 g/mol. The van der Waals surface area contributed by atoms with Crippen LogP contribution < -0.4 is 0 Å². The van der Waals surface area contributed by atoms with Gasteiger partial charge in [-0.3, -0.25) is 0 Å². The molecule has 3 rings (SSSR count). The Morgan fingerprint density at radius 3 is 1.81 bits per heavy atom. The Morgan fingerprint density at radius 2 is 1.29 bits per heavy atom. The first-order valence-electron chi connectivity index (χ1n) is 10.3. The van der Waals surface area contributed by atoms with E-state index in [1.807, 2.05) is 6.07 Å². The molecule has 31 heavy (non-hydrogen) atoms. The lowest BCUT2D eigenvalue weighted by molar-refractivity contribution is 0.474. The summed E-state index contributed by atoms with van der Waals surface area (Å²) in [5, 5.41) is 10.3. The van der Waals surface area contributed by atoms with Crippen LogP contribution in [0, 0.1) is 11.6 Å². The van der Waals surface area contributed by atoms with Crippen LogP contribution in [-0.4, -0.2) is 11.3 Å². The quantitative estimate of drug-likeness (QED) is 0.432. The fourth-order valence-electron chi connectivity index (χ4n) is 3.24. The van der Waals surface area contributed by atoms with Crippen molar-refractivity contribution in [2.24, 2.45) is 4.99 Å². The second-order valence-corrected chi connectivity index (χ2v) is 9.90. The molecule has 4 heteroatoms. The lowest BCUT2D eigenvalue weighted by Gasteiger charge is -2.26. The highest BCUT2D eigenvalue weighted by Gasteiger charge is 2.21. The molecule has 162 valence electrons. The number of benzene rings is 3. The number of nitrogens with zero attached hydrogens (tertiary/aromatic N) is 1. The number of rotatable bonds is 3. The molecule has 0 aliphatic carbocycles. The molecule has 0 saturated heterocycles. The van der Waals surface area contributed by atoms with E-state index in [1.54, 1.807) is 12.1 Å². The van der Waals surface area contributed by atoms with E-state index >= 15 is 0 Å². The van der Waals surface area contributed by atoms with Gasteiger partial charge in [-0.15, -0.1) is 0 Å². The number of halogens is 2. The Bertz CT molecular complexity index is 1080. The molecule has 0 aliphatic heterocycles. The SMILES string of the molecule is CC(C)(C)c1cc(-c2ccc(O)c(/C=N/c3c(F)cccc3F)c2)cc(C(C)(C)C)c1. The van der Waals surface area contributed by atoms with Crippen molar-refractivity contribution >= 4 is 11.9 Å². The smallest absolute Gasteiger partial charge is 0.151 e. The number of para-hydroxylation sites is 1. The van der Waals surface area contributed by atoms with Crippen molar-refractivity contribution in [2.75, 3.05) is 0 Å². The van der Waals surface area contributed by atoms with Gasteiger partial charge in [0.1, 0.15) is 11.4 Å². The molecule has 0 aliphatic rings. The van der Waals surface area contributed by atoms with E-state index in [2.05, 4.69) is 64.7 Å². The molecule has 3 aromatic rings. The van der Waals surface area contributed by atoms with E-state index < -0.39 is 11.6 Å². The van der Waals surface area contributed by atoms with Crippen molar-refractivity contribution in [2.45, 2.75) is 52.4 Å². The molecule has 0 radical (unpaired) electrons. The van der Waals surface area contributed by atoms with Gasteiger partial charge in [-0.25, -0.2) is 13.8 Å².